The summed E-state index contributed by atoms with van der Waals surface area (Å²) in [5, 5.41) is 31.1. The van der Waals surface area contributed by atoms with Crippen LogP contribution in [-0.4, -0.2) is 41.4 Å². The minimum atomic E-state index is -0.486. The first-order valence-corrected chi connectivity index (χ1v) is 5.76. The maximum absolute atomic E-state index is 10.9. The van der Waals surface area contributed by atoms with Gasteiger partial charge in [-0.1, -0.05) is 0 Å². The Morgan fingerprint density at radius 2 is 2.00 bits per heavy atom. The van der Waals surface area contributed by atoms with Gasteiger partial charge in [0.1, 0.15) is 6.61 Å². The number of aliphatic hydroxyl groups excluding tert-OH is 2. The van der Waals surface area contributed by atoms with Gasteiger partial charge in [0.25, 0.3) is 5.69 Å². The third kappa shape index (κ3) is 5.18. The summed E-state index contributed by atoms with van der Waals surface area (Å²) in [7, 11) is 0. The Bertz CT molecular complexity index is 413. The number of nitrogens with one attached hydrogen (secondary N) is 2. The summed E-state index contributed by atoms with van der Waals surface area (Å²) < 4.78 is 0. The van der Waals surface area contributed by atoms with Crippen molar-refractivity contribution in [1.29, 1.82) is 0 Å². The molecule has 0 fully saturated rings. The Labute approximate surface area is 110 Å². The molecule has 0 heterocycles. The Balaban J connectivity index is 2.74. The van der Waals surface area contributed by atoms with Gasteiger partial charge in [-0.2, -0.15) is 5.48 Å². The fraction of sp³-hybridized carbons (Fsp3) is 0.455. The maximum atomic E-state index is 10.9. The average Bonchev–Trinajstić information content (AvgIpc) is 2.41. The van der Waals surface area contributed by atoms with Crippen molar-refractivity contribution in [3.8, 4) is 0 Å². The lowest BCUT2D eigenvalue weighted by molar-refractivity contribution is -0.386. The number of nitro benzene ring substituents is 1. The molecule has 1 rings (SSSR count). The van der Waals surface area contributed by atoms with Gasteiger partial charge in [0.05, 0.1) is 23.7 Å². The Morgan fingerprint density at radius 1 is 1.26 bits per heavy atom. The lowest BCUT2D eigenvalue weighted by Crippen LogP contribution is -2.18. The van der Waals surface area contributed by atoms with E-state index in [4.69, 9.17) is 15.1 Å². The SMILES string of the molecule is O=[N+]([O-])c1ccc(NCCO)cc1CONCCO. The molecule has 0 bridgehead atoms. The molecule has 0 spiro atoms. The third-order valence-corrected chi connectivity index (χ3v) is 2.26. The molecule has 0 saturated heterocycles. The summed E-state index contributed by atoms with van der Waals surface area (Å²) in [5.74, 6) is 0. The second-order valence-electron chi connectivity index (χ2n) is 3.66. The van der Waals surface area contributed by atoms with Gasteiger partial charge >= 0.3 is 0 Å². The number of hydrogen-bond donors (Lipinski definition) is 4. The highest BCUT2D eigenvalue weighted by Gasteiger charge is 2.14. The standard InChI is InChI=1S/C11H17N3O5/c15-5-3-12-10-1-2-11(14(17)18)9(7-10)8-19-13-4-6-16/h1-2,7,12-13,15-16H,3-6,8H2. The number of hydrogen-bond acceptors (Lipinski definition) is 7. The molecule has 4 N–H and O–H groups in total. The Kier molecular flexibility index (Phi) is 6.75. The minimum Gasteiger partial charge on any atom is -0.395 e. The smallest absolute Gasteiger partial charge is 0.275 e. The van der Waals surface area contributed by atoms with Gasteiger partial charge in [0.2, 0.25) is 0 Å². The van der Waals surface area contributed by atoms with E-state index in [1.165, 1.54) is 6.07 Å². The quantitative estimate of drug-likeness (QED) is 0.284. The summed E-state index contributed by atoms with van der Waals surface area (Å²) in [6.07, 6.45) is 0. The normalized spacial score (nSPS) is 10.4. The van der Waals surface area contributed by atoms with Crippen molar-refractivity contribution in [2.24, 2.45) is 0 Å². The zero-order valence-electron chi connectivity index (χ0n) is 10.3. The first kappa shape index (κ1) is 15.3. The van der Waals surface area contributed by atoms with Crippen molar-refractivity contribution in [1.82, 2.24) is 5.48 Å². The molecule has 0 unspecified atom stereocenters. The van der Waals surface area contributed by atoms with E-state index in [0.29, 0.717) is 17.8 Å². The monoisotopic (exact) mass is 271 g/mol. The number of nitro groups is 1. The number of nitrogens with zero attached hydrogens (tertiary/aromatic N) is 1. The number of anilines is 1. The first-order valence-electron chi connectivity index (χ1n) is 5.76. The van der Waals surface area contributed by atoms with Crippen molar-refractivity contribution in [3.63, 3.8) is 0 Å². The average molecular weight is 271 g/mol. The molecular weight excluding hydrogens is 254 g/mol. The molecule has 0 aliphatic heterocycles. The van der Waals surface area contributed by atoms with Gasteiger partial charge < -0.3 is 15.5 Å². The molecule has 0 amide bonds. The zero-order valence-corrected chi connectivity index (χ0v) is 10.3. The van der Waals surface area contributed by atoms with Crippen molar-refractivity contribution in [3.05, 3.63) is 33.9 Å². The lowest BCUT2D eigenvalue weighted by Gasteiger charge is -2.09. The summed E-state index contributed by atoms with van der Waals surface area (Å²) in [6, 6.07) is 4.54. The molecule has 19 heavy (non-hydrogen) atoms. The summed E-state index contributed by atoms with van der Waals surface area (Å²) in [6.45, 7) is 0.503. The molecule has 0 radical (unpaired) electrons. The van der Waals surface area contributed by atoms with Crippen LogP contribution in [0.5, 0.6) is 0 Å². The number of benzene rings is 1. The van der Waals surface area contributed by atoms with Crippen LogP contribution in [-0.2, 0) is 11.4 Å². The van der Waals surface area contributed by atoms with Crippen LogP contribution in [0, 0.1) is 10.1 Å². The van der Waals surface area contributed by atoms with Crippen LogP contribution in [0.2, 0.25) is 0 Å². The van der Waals surface area contributed by atoms with Crippen LogP contribution in [0.25, 0.3) is 0 Å². The van der Waals surface area contributed by atoms with E-state index in [1.54, 1.807) is 12.1 Å². The fourth-order valence-electron chi connectivity index (χ4n) is 1.44. The van der Waals surface area contributed by atoms with Crippen LogP contribution >= 0.6 is 0 Å². The van der Waals surface area contributed by atoms with E-state index >= 15 is 0 Å². The molecule has 8 nitrogen and oxygen atoms in total. The zero-order chi connectivity index (χ0) is 14.1. The predicted octanol–water partition coefficient (Wildman–Crippen LogP) is 0.0125. The predicted molar refractivity (Wildman–Crippen MR) is 68.5 cm³/mol. The molecule has 106 valence electrons. The van der Waals surface area contributed by atoms with Crippen LogP contribution in [0.3, 0.4) is 0 Å². The van der Waals surface area contributed by atoms with Crippen molar-refractivity contribution >= 4 is 11.4 Å². The fourth-order valence-corrected chi connectivity index (χ4v) is 1.44. The maximum Gasteiger partial charge on any atom is 0.275 e. The van der Waals surface area contributed by atoms with Crippen molar-refractivity contribution in [2.75, 3.05) is 31.6 Å². The highest BCUT2D eigenvalue weighted by Crippen LogP contribution is 2.23. The van der Waals surface area contributed by atoms with E-state index in [1.807, 2.05) is 0 Å². The number of rotatable bonds is 9. The van der Waals surface area contributed by atoms with Crippen LogP contribution in [0.4, 0.5) is 11.4 Å². The molecular formula is C11H17N3O5. The molecule has 0 aliphatic carbocycles. The van der Waals surface area contributed by atoms with Gasteiger partial charge in [-0.15, -0.1) is 0 Å². The molecule has 0 saturated carbocycles. The van der Waals surface area contributed by atoms with Crippen LogP contribution in [0.15, 0.2) is 18.2 Å². The highest BCUT2D eigenvalue weighted by atomic mass is 16.6. The topological polar surface area (TPSA) is 117 Å². The molecule has 0 atom stereocenters. The van der Waals surface area contributed by atoms with Gasteiger partial charge in [0, 0.05) is 24.8 Å². The van der Waals surface area contributed by atoms with Crippen molar-refractivity contribution < 1.29 is 20.0 Å². The largest absolute Gasteiger partial charge is 0.395 e. The number of hydroxylamine groups is 1. The molecule has 1 aromatic carbocycles. The first-order chi connectivity index (χ1) is 9.19. The van der Waals surface area contributed by atoms with Gasteiger partial charge in [0.15, 0.2) is 0 Å². The minimum absolute atomic E-state index is 0.00492. The summed E-state index contributed by atoms with van der Waals surface area (Å²) in [5.41, 5.74) is 3.51. The van der Waals surface area contributed by atoms with Gasteiger partial charge in [-0.25, -0.2) is 0 Å². The second kappa shape index (κ2) is 8.38. The second-order valence-corrected chi connectivity index (χ2v) is 3.66. The molecule has 8 heteroatoms. The number of aliphatic hydroxyl groups is 2. The summed E-state index contributed by atoms with van der Waals surface area (Å²) in [4.78, 5) is 15.4. The van der Waals surface area contributed by atoms with E-state index in [0.717, 1.165) is 0 Å². The van der Waals surface area contributed by atoms with Gasteiger partial charge in [-0.05, 0) is 12.1 Å². The summed E-state index contributed by atoms with van der Waals surface area (Å²) >= 11 is 0. The van der Waals surface area contributed by atoms with Gasteiger partial charge in [-0.3, -0.25) is 15.0 Å². The van der Waals surface area contributed by atoms with E-state index in [9.17, 15) is 10.1 Å². The molecule has 0 aliphatic rings. The highest BCUT2D eigenvalue weighted by molar-refractivity contribution is 5.53. The van der Waals surface area contributed by atoms with E-state index in [2.05, 4.69) is 10.8 Å². The van der Waals surface area contributed by atoms with Crippen LogP contribution < -0.4 is 10.8 Å². The van der Waals surface area contributed by atoms with E-state index in [-0.39, 0.29) is 32.1 Å². The van der Waals surface area contributed by atoms with E-state index < -0.39 is 4.92 Å². The molecule has 0 aromatic heterocycles. The third-order valence-electron chi connectivity index (χ3n) is 2.26. The van der Waals surface area contributed by atoms with Crippen LogP contribution in [0.1, 0.15) is 5.56 Å². The molecule has 1 aromatic rings. The van der Waals surface area contributed by atoms with Crippen molar-refractivity contribution in [2.45, 2.75) is 6.61 Å². The lowest BCUT2D eigenvalue weighted by atomic mass is 10.1. The Hall–Kier alpha value is -1.74. The Morgan fingerprint density at radius 3 is 2.63 bits per heavy atom.